The topological polar surface area (TPSA) is 203 Å². The molecule has 2 aliphatic rings. The first-order valence-electron chi connectivity index (χ1n) is 23.5. The van der Waals surface area contributed by atoms with Crippen molar-refractivity contribution in [2.45, 2.75) is 87.2 Å². The molecule has 2 fully saturated rings. The van der Waals surface area contributed by atoms with Crippen molar-refractivity contribution in [2.24, 2.45) is 0 Å². The zero-order valence-corrected chi connectivity index (χ0v) is 40.7. The molecule has 2 aliphatic heterocycles. The van der Waals surface area contributed by atoms with Crippen molar-refractivity contribution in [3.63, 3.8) is 0 Å². The van der Waals surface area contributed by atoms with Crippen LogP contribution in [-0.4, -0.2) is 122 Å². The van der Waals surface area contributed by atoms with Crippen molar-refractivity contribution in [3.05, 3.63) is 204 Å². The molecule has 0 bridgehead atoms. The van der Waals surface area contributed by atoms with E-state index in [1.807, 2.05) is 60.7 Å². The predicted octanol–water partition coefficient (Wildman–Crippen LogP) is 5.65. The summed E-state index contributed by atoms with van der Waals surface area (Å²) in [6.07, 6.45) is -17.6. The lowest BCUT2D eigenvalue weighted by Gasteiger charge is -2.48. The third kappa shape index (κ3) is 11.6. The Bertz CT molecular complexity index is 2670. The molecule has 0 aliphatic carbocycles. The van der Waals surface area contributed by atoms with Gasteiger partial charge in [-0.25, -0.2) is 19.2 Å². The van der Waals surface area contributed by atoms with E-state index in [-0.39, 0.29) is 28.9 Å². The van der Waals surface area contributed by atoms with Crippen LogP contribution in [0.2, 0.25) is 5.04 Å². The Morgan fingerprint density at radius 3 is 1.28 bits per heavy atom. The van der Waals surface area contributed by atoms with Gasteiger partial charge in [0.2, 0.25) is 0 Å². The monoisotopic (exact) mass is 996 g/mol. The van der Waals surface area contributed by atoms with Gasteiger partial charge < -0.3 is 52.9 Å². The molecule has 16 heteroatoms. The van der Waals surface area contributed by atoms with Gasteiger partial charge in [-0.15, -0.1) is 0 Å². The highest BCUT2D eigenvalue weighted by molar-refractivity contribution is 6.99. The summed E-state index contributed by atoms with van der Waals surface area (Å²) in [6.45, 7) is 5.29. The fourth-order valence-corrected chi connectivity index (χ4v) is 13.5. The van der Waals surface area contributed by atoms with Gasteiger partial charge in [0, 0.05) is 0 Å². The van der Waals surface area contributed by atoms with Gasteiger partial charge in [-0.2, -0.15) is 0 Å². The van der Waals surface area contributed by atoms with Crippen molar-refractivity contribution >= 4 is 42.6 Å². The van der Waals surface area contributed by atoms with E-state index in [0.29, 0.717) is 0 Å². The molecule has 72 heavy (non-hydrogen) atoms. The lowest BCUT2D eigenvalue weighted by atomic mass is 9.96. The van der Waals surface area contributed by atoms with Crippen molar-refractivity contribution in [2.75, 3.05) is 13.2 Å². The van der Waals surface area contributed by atoms with E-state index >= 15 is 0 Å². The Kier molecular flexibility index (Phi) is 16.5. The lowest BCUT2D eigenvalue weighted by molar-refractivity contribution is -0.359. The van der Waals surface area contributed by atoms with Crippen LogP contribution in [0.25, 0.3) is 0 Å². The summed E-state index contributed by atoms with van der Waals surface area (Å²) in [7, 11) is -3.21. The number of carbonyl (C=O) groups excluding carboxylic acids is 4. The Hall–Kier alpha value is -6.86. The minimum absolute atomic E-state index is 0.0568. The Labute approximate surface area is 417 Å². The largest absolute Gasteiger partial charge is 0.459 e. The maximum absolute atomic E-state index is 14.1. The Balaban J connectivity index is 1.14. The van der Waals surface area contributed by atoms with E-state index in [9.17, 15) is 34.5 Å². The first kappa shape index (κ1) is 51.5. The fourth-order valence-electron chi connectivity index (χ4n) is 8.97. The molecule has 2 saturated heterocycles. The van der Waals surface area contributed by atoms with E-state index in [0.717, 1.165) is 10.4 Å². The van der Waals surface area contributed by atoms with Crippen molar-refractivity contribution in [1.29, 1.82) is 0 Å². The lowest BCUT2D eigenvalue weighted by Crippen LogP contribution is -2.69. The molecule has 0 amide bonds. The highest BCUT2D eigenvalue weighted by Gasteiger charge is 2.57. The number of benzene rings is 6. The first-order chi connectivity index (χ1) is 34.7. The molecule has 10 atom stereocenters. The number of aliphatic hydroxyl groups excluding tert-OH is 3. The smallest absolute Gasteiger partial charge is 0.338 e. The molecule has 374 valence electrons. The van der Waals surface area contributed by atoms with Crippen molar-refractivity contribution in [3.8, 4) is 0 Å². The Morgan fingerprint density at radius 2 is 0.847 bits per heavy atom. The number of rotatable bonds is 16. The third-order valence-corrected chi connectivity index (χ3v) is 17.6. The van der Waals surface area contributed by atoms with Crippen LogP contribution in [0.15, 0.2) is 182 Å². The number of ether oxygens (including phenoxy) is 7. The SMILES string of the molecule is CC(C)(C)[Si](OC[C@H]1O[C@H](O)[C@@H](O[C@H]2O[C@H](COC(=O)c3ccccc3)[C@@H](OC(=O)c3ccccc3)[C@H](OC(=O)c3ccccc3)[C@@H]2OC(=O)c2ccccc2)[C@@H](O)[C@@H]1O)(c1ccccc1)c1ccccc1. The van der Waals surface area contributed by atoms with Crippen LogP contribution < -0.4 is 10.4 Å². The van der Waals surface area contributed by atoms with Crippen molar-refractivity contribution < 1.29 is 72.1 Å². The zero-order valence-electron chi connectivity index (χ0n) is 39.7. The number of hydrogen-bond donors (Lipinski definition) is 3. The summed E-state index contributed by atoms with van der Waals surface area (Å²) in [5.74, 6) is -3.59. The number of aliphatic hydroxyl groups is 3. The minimum atomic E-state index is -3.21. The molecule has 0 aromatic heterocycles. The second-order valence-corrected chi connectivity index (χ2v) is 22.6. The number of carbonyl (C=O) groups is 4. The summed E-state index contributed by atoms with van der Waals surface area (Å²) in [5, 5.41) is 37.0. The van der Waals surface area contributed by atoms with Crippen LogP contribution in [0.1, 0.15) is 62.2 Å². The van der Waals surface area contributed by atoms with Gasteiger partial charge >= 0.3 is 23.9 Å². The summed E-state index contributed by atoms with van der Waals surface area (Å²) in [6, 6.07) is 51.1. The van der Waals surface area contributed by atoms with Gasteiger partial charge in [0.25, 0.3) is 8.32 Å². The third-order valence-electron chi connectivity index (χ3n) is 12.6. The first-order valence-corrected chi connectivity index (χ1v) is 25.4. The highest BCUT2D eigenvalue weighted by atomic mass is 28.4. The van der Waals surface area contributed by atoms with E-state index in [1.165, 1.54) is 48.5 Å². The molecular weight excluding hydrogens is 941 g/mol. The number of esters is 4. The molecule has 2 heterocycles. The minimum Gasteiger partial charge on any atom is -0.459 e. The molecular formula is C56H56O15Si. The fraction of sp³-hybridized carbons (Fsp3) is 0.286. The predicted molar refractivity (Wildman–Crippen MR) is 264 cm³/mol. The van der Waals surface area contributed by atoms with Gasteiger partial charge in [-0.3, -0.25) is 0 Å². The van der Waals surface area contributed by atoms with Crippen LogP contribution in [0, 0.1) is 0 Å². The average molecular weight is 997 g/mol. The van der Waals surface area contributed by atoms with Gasteiger partial charge in [-0.05, 0) is 63.9 Å². The standard InChI is InChI=1S/C56H56O15Si/c1-56(2,3)72(40-30-18-8-19-31-40,41-32-20-9-21-33-41)65-35-42-44(57)45(58)47(54(63)66-42)71-55-49(70-53(62)39-28-16-7-17-29-39)48(69-52(61)38-26-14-6-15-27-38)46(68-51(60)37-24-12-5-13-25-37)43(67-55)34-64-50(59)36-22-10-4-11-23-36/h4-33,42-49,54-55,57-58,63H,34-35H2,1-3H3/t42-,43-,44-,45+,46-,47+,48+,49+,54+,55-/m1/s1. The highest BCUT2D eigenvalue weighted by Crippen LogP contribution is 2.39. The summed E-state index contributed by atoms with van der Waals surface area (Å²) >= 11 is 0. The van der Waals surface area contributed by atoms with E-state index in [2.05, 4.69) is 20.8 Å². The zero-order chi connectivity index (χ0) is 50.8. The Morgan fingerprint density at radius 1 is 0.458 bits per heavy atom. The summed E-state index contributed by atoms with van der Waals surface area (Å²) < 4.78 is 49.9. The van der Waals surface area contributed by atoms with Crippen LogP contribution in [0.3, 0.4) is 0 Å². The summed E-state index contributed by atoms with van der Waals surface area (Å²) in [4.78, 5) is 55.6. The van der Waals surface area contributed by atoms with Crippen LogP contribution in [-0.2, 0) is 37.6 Å². The second-order valence-electron chi connectivity index (χ2n) is 18.3. The van der Waals surface area contributed by atoms with E-state index < -0.39 is 105 Å². The average Bonchev–Trinajstić information content (AvgIpc) is 3.41. The van der Waals surface area contributed by atoms with Crippen LogP contribution in [0.5, 0.6) is 0 Å². The van der Waals surface area contributed by atoms with Crippen LogP contribution in [0.4, 0.5) is 0 Å². The van der Waals surface area contributed by atoms with Crippen molar-refractivity contribution in [1.82, 2.24) is 0 Å². The molecule has 0 saturated carbocycles. The van der Waals surface area contributed by atoms with Crippen LogP contribution >= 0.6 is 0 Å². The van der Waals surface area contributed by atoms with Gasteiger partial charge in [-0.1, -0.05) is 154 Å². The normalized spacial score (nSPS) is 24.3. The molecule has 3 N–H and O–H groups in total. The van der Waals surface area contributed by atoms with E-state index in [1.54, 1.807) is 72.8 Å². The maximum Gasteiger partial charge on any atom is 0.338 e. The molecule has 6 aromatic carbocycles. The quantitative estimate of drug-likeness (QED) is 0.0610. The number of hydrogen-bond acceptors (Lipinski definition) is 15. The second kappa shape index (κ2) is 23.1. The maximum atomic E-state index is 14.1. The van der Waals surface area contributed by atoms with E-state index in [4.69, 9.17) is 37.6 Å². The molecule has 0 spiro atoms. The molecule has 8 rings (SSSR count). The summed E-state index contributed by atoms with van der Waals surface area (Å²) in [5.41, 5.74) is 0.390. The van der Waals surface area contributed by atoms with Gasteiger partial charge in [0.05, 0.1) is 28.9 Å². The molecule has 6 aromatic rings. The van der Waals surface area contributed by atoms with Gasteiger partial charge in [0.15, 0.2) is 30.9 Å². The molecule has 0 unspecified atom stereocenters. The molecule has 0 radical (unpaired) electrons. The molecule has 15 nitrogen and oxygen atoms in total. The van der Waals surface area contributed by atoms with Gasteiger partial charge in [0.1, 0.15) is 37.1 Å².